The first kappa shape index (κ1) is 20.8. The Labute approximate surface area is 170 Å². The number of hydrogen-bond acceptors (Lipinski definition) is 5. The number of halogens is 1. The molecule has 0 aromatic heterocycles. The fourth-order valence-corrected chi connectivity index (χ4v) is 4.12. The van der Waals surface area contributed by atoms with Crippen LogP contribution in [0.3, 0.4) is 0 Å². The quantitative estimate of drug-likeness (QED) is 0.742. The fourth-order valence-electron chi connectivity index (χ4n) is 4.12. The molecule has 152 valence electrons. The summed E-state index contributed by atoms with van der Waals surface area (Å²) in [6.07, 6.45) is 5.25. The van der Waals surface area contributed by atoms with Crippen molar-refractivity contribution < 1.29 is 19.1 Å². The van der Waals surface area contributed by atoms with Gasteiger partial charge in [0, 0.05) is 24.3 Å². The van der Waals surface area contributed by atoms with Gasteiger partial charge < -0.3 is 15.8 Å². The van der Waals surface area contributed by atoms with Crippen molar-refractivity contribution in [2.24, 2.45) is 5.73 Å². The molecule has 8 heteroatoms. The Morgan fingerprint density at radius 2 is 1.82 bits per heavy atom. The van der Waals surface area contributed by atoms with Gasteiger partial charge in [0.1, 0.15) is 0 Å². The number of carbonyl (C=O) groups excluding carboxylic acids is 3. The molecule has 1 atom stereocenters. The van der Waals surface area contributed by atoms with Crippen molar-refractivity contribution in [2.75, 3.05) is 13.2 Å². The van der Waals surface area contributed by atoms with Crippen LogP contribution >= 0.6 is 12.4 Å². The SMILES string of the molecule is Cl.NC1CCC(NC(=O)c2ccc3c(c2)C(=O)N(CC2CCCO2)C3=O)CC1. The third-order valence-corrected chi connectivity index (χ3v) is 5.75. The van der Waals surface area contributed by atoms with Gasteiger partial charge in [0.2, 0.25) is 0 Å². The zero-order chi connectivity index (χ0) is 19.0. The molecule has 1 aromatic rings. The molecule has 1 saturated carbocycles. The van der Waals surface area contributed by atoms with E-state index in [4.69, 9.17) is 10.5 Å². The van der Waals surface area contributed by atoms with E-state index in [1.165, 1.54) is 11.0 Å². The maximum absolute atomic E-state index is 12.7. The minimum absolute atomic E-state index is 0. The molecule has 1 unspecified atom stereocenters. The Morgan fingerprint density at radius 1 is 1.11 bits per heavy atom. The molecule has 0 spiro atoms. The third kappa shape index (κ3) is 4.06. The van der Waals surface area contributed by atoms with Gasteiger partial charge in [-0.2, -0.15) is 0 Å². The smallest absolute Gasteiger partial charge is 0.261 e. The van der Waals surface area contributed by atoms with Gasteiger partial charge in [-0.05, 0) is 56.7 Å². The van der Waals surface area contributed by atoms with Crippen molar-refractivity contribution in [1.29, 1.82) is 0 Å². The largest absolute Gasteiger partial charge is 0.376 e. The molecule has 2 fully saturated rings. The summed E-state index contributed by atoms with van der Waals surface area (Å²) < 4.78 is 5.55. The van der Waals surface area contributed by atoms with Crippen LogP contribution in [0.15, 0.2) is 18.2 Å². The lowest BCUT2D eigenvalue weighted by Crippen LogP contribution is -2.40. The minimum atomic E-state index is -0.344. The molecule has 2 heterocycles. The lowest BCUT2D eigenvalue weighted by Gasteiger charge is -2.26. The number of benzene rings is 1. The Morgan fingerprint density at radius 3 is 2.50 bits per heavy atom. The highest BCUT2D eigenvalue weighted by Gasteiger charge is 2.38. The first-order valence-electron chi connectivity index (χ1n) is 9.71. The van der Waals surface area contributed by atoms with Crippen LogP contribution in [0.5, 0.6) is 0 Å². The van der Waals surface area contributed by atoms with E-state index < -0.39 is 0 Å². The van der Waals surface area contributed by atoms with Crippen LogP contribution in [0, 0.1) is 0 Å². The van der Waals surface area contributed by atoms with Crippen LogP contribution in [0.4, 0.5) is 0 Å². The van der Waals surface area contributed by atoms with Crippen LogP contribution in [0.25, 0.3) is 0 Å². The number of carbonyl (C=O) groups is 3. The summed E-state index contributed by atoms with van der Waals surface area (Å²) in [4.78, 5) is 39.1. The third-order valence-electron chi connectivity index (χ3n) is 5.75. The number of hydrogen-bond donors (Lipinski definition) is 2. The second-order valence-corrected chi connectivity index (χ2v) is 7.70. The average Bonchev–Trinajstić information content (AvgIpc) is 3.26. The average molecular weight is 408 g/mol. The summed E-state index contributed by atoms with van der Waals surface area (Å²) in [7, 11) is 0. The molecular formula is C20H26ClN3O4. The normalized spacial score (nSPS) is 26.8. The number of nitrogens with two attached hydrogens (primary N) is 1. The highest BCUT2D eigenvalue weighted by atomic mass is 35.5. The van der Waals surface area contributed by atoms with Crippen LogP contribution in [0.1, 0.15) is 69.6 Å². The molecule has 3 aliphatic rings. The van der Waals surface area contributed by atoms with Gasteiger partial charge in [0.15, 0.2) is 0 Å². The first-order chi connectivity index (χ1) is 13.0. The Kier molecular flexibility index (Phi) is 6.37. The van der Waals surface area contributed by atoms with Gasteiger partial charge in [-0.25, -0.2) is 0 Å². The molecule has 3 N–H and O–H groups in total. The molecule has 1 saturated heterocycles. The Bertz CT molecular complexity index is 771. The van der Waals surface area contributed by atoms with Crippen molar-refractivity contribution >= 4 is 30.1 Å². The fraction of sp³-hybridized carbons (Fsp3) is 0.550. The predicted octanol–water partition coefficient (Wildman–Crippen LogP) is 1.88. The molecular weight excluding hydrogens is 382 g/mol. The zero-order valence-corrected chi connectivity index (χ0v) is 16.5. The van der Waals surface area contributed by atoms with Gasteiger partial charge in [-0.3, -0.25) is 19.3 Å². The van der Waals surface area contributed by atoms with Crippen LogP contribution in [-0.4, -0.2) is 54.0 Å². The molecule has 2 aliphatic heterocycles. The van der Waals surface area contributed by atoms with Gasteiger partial charge >= 0.3 is 0 Å². The number of imide groups is 1. The molecule has 0 bridgehead atoms. The summed E-state index contributed by atoms with van der Waals surface area (Å²) in [5.74, 6) is -0.862. The van der Waals surface area contributed by atoms with Crippen LogP contribution < -0.4 is 11.1 Å². The summed E-state index contributed by atoms with van der Waals surface area (Å²) in [5.41, 5.74) is 6.97. The lowest BCUT2D eigenvalue weighted by atomic mass is 9.91. The Balaban J connectivity index is 0.00000225. The van der Waals surface area contributed by atoms with Gasteiger partial charge in [-0.15, -0.1) is 12.4 Å². The minimum Gasteiger partial charge on any atom is -0.376 e. The summed E-state index contributed by atoms with van der Waals surface area (Å²) in [6, 6.07) is 5.06. The first-order valence-corrected chi connectivity index (χ1v) is 9.71. The van der Waals surface area contributed by atoms with E-state index in [1.807, 2.05) is 0 Å². The highest BCUT2D eigenvalue weighted by Crippen LogP contribution is 2.26. The van der Waals surface area contributed by atoms with E-state index in [9.17, 15) is 14.4 Å². The Hall–Kier alpha value is -1.96. The van der Waals surface area contributed by atoms with E-state index in [0.29, 0.717) is 23.3 Å². The number of rotatable bonds is 4. The van der Waals surface area contributed by atoms with Crippen LogP contribution in [0.2, 0.25) is 0 Å². The number of nitrogens with zero attached hydrogens (tertiary/aromatic N) is 1. The highest BCUT2D eigenvalue weighted by molar-refractivity contribution is 6.22. The topological polar surface area (TPSA) is 102 Å². The standard InChI is InChI=1S/C20H25N3O4.ClH/c21-13-4-6-14(7-5-13)22-18(24)12-3-8-16-17(10-12)20(26)23(19(16)25)11-15-2-1-9-27-15;/h3,8,10,13-15H,1-2,4-7,9,11,21H2,(H,22,24);1H. The number of nitrogens with one attached hydrogen (secondary N) is 1. The molecule has 4 rings (SSSR count). The van der Waals surface area contributed by atoms with Crippen molar-refractivity contribution in [3.8, 4) is 0 Å². The molecule has 1 aliphatic carbocycles. The zero-order valence-electron chi connectivity index (χ0n) is 15.7. The maximum atomic E-state index is 12.7. The maximum Gasteiger partial charge on any atom is 0.261 e. The molecule has 3 amide bonds. The summed E-state index contributed by atoms with van der Waals surface area (Å²) in [5, 5.41) is 3.02. The van der Waals surface area contributed by atoms with Crippen molar-refractivity contribution in [3.63, 3.8) is 0 Å². The van der Waals surface area contributed by atoms with Crippen molar-refractivity contribution in [1.82, 2.24) is 10.2 Å². The summed E-state index contributed by atoms with van der Waals surface area (Å²) >= 11 is 0. The van der Waals surface area contributed by atoms with Crippen molar-refractivity contribution in [2.45, 2.75) is 56.7 Å². The van der Waals surface area contributed by atoms with Crippen molar-refractivity contribution in [3.05, 3.63) is 34.9 Å². The molecule has 7 nitrogen and oxygen atoms in total. The summed E-state index contributed by atoms with van der Waals surface area (Å²) in [6.45, 7) is 0.945. The molecule has 0 radical (unpaired) electrons. The second kappa shape index (κ2) is 8.59. The lowest BCUT2D eigenvalue weighted by molar-refractivity contribution is 0.0475. The predicted molar refractivity (Wildman–Crippen MR) is 106 cm³/mol. The number of fused-ring (bicyclic) bond motifs is 1. The van der Waals surface area contributed by atoms with E-state index in [-0.39, 0.29) is 54.9 Å². The van der Waals surface area contributed by atoms with E-state index >= 15 is 0 Å². The van der Waals surface area contributed by atoms with Crippen LogP contribution in [-0.2, 0) is 4.74 Å². The monoisotopic (exact) mass is 407 g/mol. The molecule has 1 aromatic carbocycles. The van der Waals surface area contributed by atoms with E-state index in [2.05, 4.69) is 5.32 Å². The molecule has 28 heavy (non-hydrogen) atoms. The second-order valence-electron chi connectivity index (χ2n) is 7.70. The van der Waals surface area contributed by atoms with E-state index in [1.54, 1.807) is 12.1 Å². The van der Waals surface area contributed by atoms with Gasteiger partial charge in [0.05, 0.1) is 23.8 Å². The van der Waals surface area contributed by atoms with Gasteiger partial charge in [0.25, 0.3) is 17.7 Å². The number of ether oxygens (including phenoxy) is 1. The van der Waals surface area contributed by atoms with Gasteiger partial charge in [-0.1, -0.05) is 0 Å². The van der Waals surface area contributed by atoms with E-state index in [0.717, 1.165) is 38.5 Å². The number of amides is 3.